The maximum Gasteiger partial charge on any atom is 0.336 e. The molecule has 1 aliphatic heterocycles. The van der Waals surface area contributed by atoms with Crippen LogP contribution in [0, 0.1) is 0 Å². The molecule has 1 aromatic rings. The van der Waals surface area contributed by atoms with Crippen molar-refractivity contribution in [3.8, 4) is 0 Å². The predicted molar refractivity (Wildman–Crippen MR) is 102 cm³/mol. The molecule has 1 atom stereocenters. The summed E-state index contributed by atoms with van der Waals surface area (Å²) in [5, 5.41) is 3.30. The third-order valence-electron chi connectivity index (χ3n) is 4.65. The van der Waals surface area contributed by atoms with Crippen molar-refractivity contribution in [1.82, 2.24) is 5.32 Å². The Morgan fingerprint density at radius 1 is 1.40 bits per heavy atom. The lowest BCUT2D eigenvalue weighted by Crippen LogP contribution is -2.34. The number of ether oxygens (including phenoxy) is 1. The van der Waals surface area contributed by atoms with Crippen molar-refractivity contribution in [2.45, 2.75) is 52.4 Å². The molecule has 0 saturated carbocycles. The number of Topliss-reactive ketones (excluding diaryl/α,β-unsaturated/α-hetero) is 1. The molecule has 0 spiro atoms. The zero-order chi connectivity index (χ0) is 18.1. The number of hydrogen-bond donors (Lipinski definition) is 1. The third-order valence-corrected chi connectivity index (χ3v) is 6.97. The third kappa shape index (κ3) is 3.34. The molecule has 0 radical (unpaired) electrons. The Hall–Kier alpha value is -1.40. The largest absolute Gasteiger partial charge is 0.463 e. The molecule has 0 saturated heterocycles. The van der Waals surface area contributed by atoms with Crippen LogP contribution in [0.15, 0.2) is 33.1 Å². The lowest BCUT2D eigenvalue weighted by Gasteiger charge is -2.33. The summed E-state index contributed by atoms with van der Waals surface area (Å²) in [6.45, 7) is 6.11. The van der Waals surface area contributed by atoms with Gasteiger partial charge in [-0.15, -0.1) is 11.3 Å². The van der Waals surface area contributed by atoms with Crippen molar-refractivity contribution in [3.63, 3.8) is 0 Å². The first-order chi connectivity index (χ1) is 12.0. The van der Waals surface area contributed by atoms with Gasteiger partial charge in [0.15, 0.2) is 5.78 Å². The summed E-state index contributed by atoms with van der Waals surface area (Å²) >= 11 is 5.27. The Bertz CT molecular complexity index is 791. The molecule has 1 N–H and O–H groups in total. The molecule has 1 unspecified atom stereocenters. The molecule has 134 valence electrons. The van der Waals surface area contributed by atoms with Crippen LogP contribution in [-0.2, 0) is 20.7 Å². The van der Waals surface area contributed by atoms with Gasteiger partial charge in [0.05, 0.1) is 18.1 Å². The summed E-state index contributed by atoms with van der Waals surface area (Å²) in [5.41, 5.74) is 3.07. The van der Waals surface area contributed by atoms with E-state index in [9.17, 15) is 9.59 Å². The molecule has 0 aromatic carbocycles. The number of thiophene rings is 1. The van der Waals surface area contributed by atoms with E-state index in [2.05, 4.69) is 34.2 Å². The summed E-state index contributed by atoms with van der Waals surface area (Å²) < 4.78 is 6.35. The summed E-state index contributed by atoms with van der Waals surface area (Å²) in [6.07, 6.45) is 3.15. The number of nitrogens with one attached hydrogen (secondary N) is 1. The molecular weight excluding hydrogens is 402 g/mol. The number of carbonyl (C=O) groups is 2. The minimum atomic E-state index is -0.343. The second-order valence-electron chi connectivity index (χ2n) is 6.26. The molecule has 1 aliphatic carbocycles. The molecule has 25 heavy (non-hydrogen) atoms. The fourth-order valence-electron chi connectivity index (χ4n) is 3.56. The van der Waals surface area contributed by atoms with Gasteiger partial charge in [0.1, 0.15) is 0 Å². The highest BCUT2D eigenvalue weighted by Crippen LogP contribution is 2.46. The van der Waals surface area contributed by atoms with Crippen LogP contribution in [0.4, 0.5) is 0 Å². The van der Waals surface area contributed by atoms with E-state index in [1.165, 1.54) is 4.88 Å². The zero-order valence-electron chi connectivity index (χ0n) is 14.7. The molecule has 1 aromatic heterocycles. The van der Waals surface area contributed by atoms with E-state index in [-0.39, 0.29) is 17.7 Å². The first-order valence-electron chi connectivity index (χ1n) is 8.67. The Morgan fingerprint density at radius 2 is 2.16 bits per heavy atom. The second kappa shape index (κ2) is 7.46. The maximum atomic E-state index is 12.7. The van der Waals surface area contributed by atoms with Crippen LogP contribution in [0.2, 0.25) is 0 Å². The maximum absolute atomic E-state index is 12.7. The van der Waals surface area contributed by atoms with Gasteiger partial charge in [0.2, 0.25) is 0 Å². The van der Waals surface area contributed by atoms with E-state index < -0.39 is 0 Å². The van der Waals surface area contributed by atoms with Gasteiger partial charge in [-0.3, -0.25) is 4.79 Å². The van der Waals surface area contributed by atoms with Crippen molar-refractivity contribution in [2.24, 2.45) is 0 Å². The highest BCUT2D eigenvalue weighted by Gasteiger charge is 2.40. The smallest absolute Gasteiger partial charge is 0.336 e. The monoisotopic (exact) mass is 423 g/mol. The van der Waals surface area contributed by atoms with Crippen LogP contribution >= 0.6 is 27.3 Å². The SMILES string of the molecule is CCOC(=O)C1=C(C)NC2=C(C(=O)CCC2)C1c1cc(Br)c(CC)s1. The zero-order valence-corrected chi connectivity index (χ0v) is 17.1. The van der Waals surface area contributed by atoms with E-state index in [1.807, 2.05) is 6.92 Å². The van der Waals surface area contributed by atoms with Gasteiger partial charge in [-0.1, -0.05) is 6.92 Å². The van der Waals surface area contributed by atoms with E-state index in [4.69, 9.17) is 4.74 Å². The van der Waals surface area contributed by atoms with Gasteiger partial charge in [0.25, 0.3) is 0 Å². The van der Waals surface area contributed by atoms with Gasteiger partial charge < -0.3 is 10.1 Å². The van der Waals surface area contributed by atoms with Crippen LogP contribution in [0.3, 0.4) is 0 Å². The summed E-state index contributed by atoms with van der Waals surface area (Å²) in [5.74, 6) is -0.537. The van der Waals surface area contributed by atoms with Crippen LogP contribution in [-0.4, -0.2) is 18.4 Å². The second-order valence-corrected chi connectivity index (χ2v) is 8.28. The first-order valence-corrected chi connectivity index (χ1v) is 10.3. The molecule has 0 fully saturated rings. The minimum absolute atomic E-state index is 0.135. The van der Waals surface area contributed by atoms with Crippen molar-refractivity contribution < 1.29 is 14.3 Å². The standard InChI is InChI=1S/C19H22BrNO3S/c1-4-14-11(20)9-15(25-14)18-16(19(23)24-5-2)10(3)21-12-7-6-8-13(22)17(12)18/h9,18,21H,4-8H2,1-3H3. The first kappa shape index (κ1) is 18.4. The number of rotatable bonds is 4. The normalized spacial score (nSPS) is 20.5. The molecule has 0 bridgehead atoms. The van der Waals surface area contributed by atoms with E-state index in [1.54, 1.807) is 18.3 Å². The summed E-state index contributed by atoms with van der Waals surface area (Å²) in [6, 6.07) is 2.05. The van der Waals surface area contributed by atoms with Gasteiger partial charge in [-0.2, -0.15) is 0 Å². The Balaban J connectivity index is 2.16. The molecule has 2 aliphatic rings. The fraction of sp³-hybridized carbons (Fsp3) is 0.474. The Kier molecular flexibility index (Phi) is 5.49. The average molecular weight is 424 g/mol. The van der Waals surface area contributed by atoms with E-state index in [0.29, 0.717) is 18.6 Å². The minimum Gasteiger partial charge on any atom is -0.463 e. The van der Waals surface area contributed by atoms with E-state index in [0.717, 1.165) is 45.6 Å². The number of allylic oxidation sites excluding steroid dienone is 3. The number of ketones is 1. The number of carbonyl (C=O) groups excluding carboxylic acids is 2. The lowest BCUT2D eigenvalue weighted by atomic mass is 9.78. The highest BCUT2D eigenvalue weighted by atomic mass is 79.9. The van der Waals surface area contributed by atoms with Crippen LogP contribution in [0.25, 0.3) is 0 Å². The van der Waals surface area contributed by atoms with Gasteiger partial charge in [-0.25, -0.2) is 4.79 Å². The van der Waals surface area contributed by atoms with Crippen molar-refractivity contribution in [1.29, 1.82) is 0 Å². The molecule has 0 amide bonds. The van der Waals surface area contributed by atoms with E-state index >= 15 is 0 Å². The van der Waals surface area contributed by atoms with Gasteiger partial charge in [0, 0.05) is 37.6 Å². The quantitative estimate of drug-likeness (QED) is 0.718. The molecule has 2 heterocycles. The summed E-state index contributed by atoms with van der Waals surface area (Å²) in [7, 11) is 0. The lowest BCUT2D eigenvalue weighted by molar-refractivity contribution is -0.138. The molecule has 6 heteroatoms. The molecule has 3 rings (SSSR count). The number of aryl methyl sites for hydroxylation is 1. The molecule has 4 nitrogen and oxygen atoms in total. The average Bonchev–Trinajstić information content (AvgIpc) is 2.94. The van der Waals surface area contributed by atoms with Crippen molar-refractivity contribution >= 4 is 39.0 Å². The molecular formula is C19H22BrNO3S. The Morgan fingerprint density at radius 3 is 2.80 bits per heavy atom. The van der Waals surface area contributed by atoms with Crippen LogP contribution in [0.1, 0.15) is 55.7 Å². The topological polar surface area (TPSA) is 55.4 Å². The van der Waals surface area contributed by atoms with Crippen molar-refractivity contribution in [3.05, 3.63) is 42.8 Å². The number of esters is 1. The van der Waals surface area contributed by atoms with Gasteiger partial charge >= 0.3 is 5.97 Å². The fourth-order valence-corrected chi connectivity index (χ4v) is 5.59. The highest BCUT2D eigenvalue weighted by molar-refractivity contribution is 9.10. The van der Waals surface area contributed by atoms with Crippen LogP contribution in [0.5, 0.6) is 0 Å². The number of hydrogen-bond acceptors (Lipinski definition) is 5. The number of halogens is 1. The Labute approximate surface area is 160 Å². The summed E-state index contributed by atoms with van der Waals surface area (Å²) in [4.78, 5) is 27.6. The van der Waals surface area contributed by atoms with Crippen LogP contribution < -0.4 is 5.32 Å². The predicted octanol–water partition coefficient (Wildman–Crippen LogP) is 4.60. The van der Waals surface area contributed by atoms with Crippen molar-refractivity contribution in [2.75, 3.05) is 6.61 Å². The van der Waals surface area contributed by atoms with Gasteiger partial charge in [-0.05, 0) is 55.1 Å². The number of dihydropyridines is 1.